The maximum absolute atomic E-state index is 12.1. The summed E-state index contributed by atoms with van der Waals surface area (Å²) in [6.45, 7) is 15.1. The van der Waals surface area contributed by atoms with Crippen LogP contribution in [0.2, 0.25) is 0 Å². The van der Waals surface area contributed by atoms with Gasteiger partial charge in [0.2, 0.25) is 0 Å². The molecule has 5 nitrogen and oxygen atoms in total. The van der Waals surface area contributed by atoms with Gasteiger partial charge in [0.1, 0.15) is 6.10 Å². The van der Waals surface area contributed by atoms with Gasteiger partial charge in [-0.2, -0.15) is 0 Å². The molecule has 0 spiro atoms. The summed E-state index contributed by atoms with van der Waals surface area (Å²) in [7, 11) is 0. The summed E-state index contributed by atoms with van der Waals surface area (Å²) in [5.41, 5.74) is 0.277. The Morgan fingerprint density at radius 1 is 0.970 bits per heavy atom. The number of ether oxygens (including phenoxy) is 3. The molecule has 4 aliphatic carbocycles. The predicted octanol–water partition coefficient (Wildman–Crippen LogP) is 5.33. The van der Waals surface area contributed by atoms with Crippen LogP contribution in [0.3, 0.4) is 0 Å². The van der Waals surface area contributed by atoms with Crippen molar-refractivity contribution in [3.8, 4) is 0 Å². The zero-order chi connectivity index (χ0) is 23.9. The highest BCUT2D eigenvalue weighted by Gasteiger charge is 2.66. The van der Waals surface area contributed by atoms with E-state index in [0.29, 0.717) is 35.5 Å². The molecule has 1 heterocycles. The molecule has 0 aromatic heterocycles. The highest BCUT2D eigenvalue weighted by Crippen LogP contribution is 2.69. The van der Waals surface area contributed by atoms with Crippen molar-refractivity contribution < 1.29 is 24.1 Å². The second kappa shape index (κ2) is 7.93. The van der Waals surface area contributed by atoms with Crippen LogP contribution in [0.15, 0.2) is 0 Å². The minimum Gasteiger partial charge on any atom is -0.462 e. The maximum Gasteiger partial charge on any atom is 0.302 e. The first kappa shape index (κ1) is 24.1. The van der Waals surface area contributed by atoms with Gasteiger partial charge in [-0.25, -0.2) is 0 Å². The second-order valence-corrected chi connectivity index (χ2v) is 13.3. The molecule has 4 saturated carbocycles. The van der Waals surface area contributed by atoms with Crippen molar-refractivity contribution >= 4 is 5.97 Å². The smallest absolute Gasteiger partial charge is 0.302 e. The summed E-state index contributed by atoms with van der Waals surface area (Å²) >= 11 is 0. The van der Waals surface area contributed by atoms with Crippen molar-refractivity contribution in [1.82, 2.24) is 0 Å². The Bertz CT molecular complexity index is 780. The van der Waals surface area contributed by atoms with Gasteiger partial charge in [-0.15, -0.1) is 0 Å². The molecular weight excluding hydrogens is 416 g/mol. The van der Waals surface area contributed by atoms with Gasteiger partial charge in [-0.05, 0) is 107 Å². The summed E-state index contributed by atoms with van der Waals surface area (Å²) in [5, 5.41) is 10.5. The molecule has 1 saturated heterocycles. The molecule has 188 valence electrons. The van der Waals surface area contributed by atoms with Crippen LogP contribution in [-0.2, 0) is 19.0 Å². The first-order chi connectivity index (χ1) is 15.4. The molecule has 33 heavy (non-hydrogen) atoms. The van der Waals surface area contributed by atoms with E-state index in [1.54, 1.807) is 6.92 Å². The van der Waals surface area contributed by atoms with E-state index in [0.717, 1.165) is 25.7 Å². The van der Waals surface area contributed by atoms with Crippen LogP contribution >= 0.6 is 0 Å². The fourth-order valence-corrected chi connectivity index (χ4v) is 9.94. The quantitative estimate of drug-likeness (QED) is 0.562. The first-order valence-electron chi connectivity index (χ1n) is 13.6. The number of aliphatic hydroxyl groups excluding tert-OH is 1. The fourth-order valence-electron chi connectivity index (χ4n) is 9.94. The van der Waals surface area contributed by atoms with Crippen molar-refractivity contribution in [2.75, 3.05) is 0 Å². The fraction of sp³-hybridized carbons (Fsp3) is 0.964. The molecule has 0 bridgehead atoms. The van der Waals surface area contributed by atoms with Gasteiger partial charge in [0, 0.05) is 12.3 Å². The van der Waals surface area contributed by atoms with Gasteiger partial charge in [-0.1, -0.05) is 20.8 Å². The second-order valence-electron chi connectivity index (χ2n) is 13.3. The Labute approximate surface area is 200 Å². The first-order valence-corrected chi connectivity index (χ1v) is 13.6. The Morgan fingerprint density at radius 2 is 1.70 bits per heavy atom. The van der Waals surface area contributed by atoms with Crippen LogP contribution in [0.1, 0.15) is 93.4 Å². The van der Waals surface area contributed by atoms with Crippen molar-refractivity contribution in [2.24, 2.45) is 46.3 Å². The highest BCUT2D eigenvalue weighted by molar-refractivity contribution is 5.66. The van der Waals surface area contributed by atoms with E-state index >= 15 is 0 Å². The Balaban J connectivity index is 1.51. The van der Waals surface area contributed by atoms with Crippen LogP contribution in [0, 0.1) is 46.3 Å². The zero-order valence-electron chi connectivity index (χ0n) is 21.8. The Hall–Kier alpha value is -0.650. The van der Waals surface area contributed by atoms with Crippen LogP contribution in [0.5, 0.6) is 0 Å². The van der Waals surface area contributed by atoms with E-state index in [9.17, 15) is 9.90 Å². The van der Waals surface area contributed by atoms with E-state index in [-0.39, 0.29) is 41.2 Å². The van der Waals surface area contributed by atoms with E-state index in [4.69, 9.17) is 14.2 Å². The summed E-state index contributed by atoms with van der Waals surface area (Å²) < 4.78 is 18.8. The third kappa shape index (κ3) is 3.62. The number of aliphatic hydroxyl groups is 1. The van der Waals surface area contributed by atoms with Crippen molar-refractivity contribution in [2.45, 2.75) is 124 Å². The lowest BCUT2D eigenvalue weighted by atomic mass is 9.42. The number of fused-ring (bicyclic) bond motifs is 5. The molecule has 0 aromatic rings. The number of rotatable bonds is 2. The molecule has 5 rings (SSSR count). The van der Waals surface area contributed by atoms with Gasteiger partial charge in [0.05, 0.1) is 18.3 Å². The third-order valence-electron chi connectivity index (χ3n) is 11.3. The molecule has 2 unspecified atom stereocenters. The number of hydrogen-bond donors (Lipinski definition) is 1. The number of carbonyl (C=O) groups is 1. The summed E-state index contributed by atoms with van der Waals surface area (Å²) in [5.74, 6) is 2.53. The van der Waals surface area contributed by atoms with Crippen LogP contribution in [-0.4, -0.2) is 41.3 Å². The molecule has 0 radical (unpaired) electrons. The largest absolute Gasteiger partial charge is 0.462 e. The molecule has 0 amide bonds. The standard InChI is InChI=1S/C28H46O5/c1-15-12-19(30)13-18-8-9-20-22(28(15,18)7)10-11-27(6)23(31-17(3)29)14-21(24(20)27)25-16(2)32-26(4,5)33-25/h15-16,18-25,30H,8-14H2,1-7H3/t15-,16?,18-,19+,20+,21+,22-,23-,24+,25?,27+,28-/m0/s1. The topological polar surface area (TPSA) is 65.0 Å². The Morgan fingerprint density at radius 3 is 2.33 bits per heavy atom. The van der Waals surface area contributed by atoms with Gasteiger partial charge < -0.3 is 19.3 Å². The summed E-state index contributed by atoms with van der Waals surface area (Å²) in [4.78, 5) is 12.1. The SMILES string of the molecule is CC(=O)O[C@H]1C[C@@H](C2OC(C)(C)OC2C)[C@H]2[C@@H]3CC[C@H]4C[C@H](O)C[C@H](C)[C@]4(C)[C@H]3CC[C@@]21C. The molecule has 1 N–H and O–H groups in total. The zero-order valence-corrected chi connectivity index (χ0v) is 21.8. The molecular formula is C28H46O5. The lowest BCUT2D eigenvalue weighted by Crippen LogP contribution is -2.58. The molecule has 0 aromatic carbocycles. The number of esters is 1. The average Bonchev–Trinajstić information content (AvgIpc) is 3.14. The average molecular weight is 463 g/mol. The molecule has 5 fully saturated rings. The molecule has 5 aliphatic rings. The van der Waals surface area contributed by atoms with Gasteiger partial charge in [-0.3, -0.25) is 4.79 Å². The molecule has 12 atom stereocenters. The Kier molecular flexibility index (Phi) is 5.78. The van der Waals surface area contributed by atoms with Gasteiger partial charge >= 0.3 is 5.97 Å². The van der Waals surface area contributed by atoms with E-state index in [1.165, 1.54) is 19.3 Å². The van der Waals surface area contributed by atoms with Crippen molar-refractivity contribution in [3.63, 3.8) is 0 Å². The van der Waals surface area contributed by atoms with E-state index < -0.39 is 5.79 Å². The minimum absolute atomic E-state index is 0.00602. The van der Waals surface area contributed by atoms with E-state index in [2.05, 4.69) is 27.7 Å². The van der Waals surface area contributed by atoms with Crippen LogP contribution < -0.4 is 0 Å². The normalized spacial score (nSPS) is 55.4. The van der Waals surface area contributed by atoms with Crippen molar-refractivity contribution in [3.05, 3.63) is 0 Å². The maximum atomic E-state index is 12.1. The summed E-state index contributed by atoms with van der Waals surface area (Å²) in [6.07, 6.45) is 7.44. The lowest BCUT2D eigenvalue weighted by molar-refractivity contribution is -0.179. The molecule has 1 aliphatic heterocycles. The minimum atomic E-state index is -0.564. The monoisotopic (exact) mass is 462 g/mol. The lowest BCUT2D eigenvalue weighted by Gasteiger charge is -2.63. The van der Waals surface area contributed by atoms with Gasteiger partial charge in [0.25, 0.3) is 0 Å². The molecule has 5 heteroatoms. The van der Waals surface area contributed by atoms with Crippen LogP contribution in [0.25, 0.3) is 0 Å². The van der Waals surface area contributed by atoms with Crippen molar-refractivity contribution in [1.29, 1.82) is 0 Å². The van der Waals surface area contributed by atoms with E-state index in [1.807, 2.05) is 13.8 Å². The number of carbonyl (C=O) groups excluding carboxylic acids is 1. The third-order valence-corrected chi connectivity index (χ3v) is 11.3. The summed E-state index contributed by atoms with van der Waals surface area (Å²) in [6, 6.07) is 0. The number of hydrogen-bond acceptors (Lipinski definition) is 5. The highest BCUT2D eigenvalue weighted by atomic mass is 16.7. The van der Waals surface area contributed by atoms with Gasteiger partial charge in [0.15, 0.2) is 5.79 Å². The predicted molar refractivity (Wildman–Crippen MR) is 126 cm³/mol. The van der Waals surface area contributed by atoms with Crippen LogP contribution in [0.4, 0.5) is 0 Å².